The summed E-state index contributed by atoms with van der Waals surface area (Å²) in [6.45, 7) is 4.25. The van der Waals surface area contributed by atoms with Crippen LogP contribution in [-0.4, -0.2) is 40.3 Å². The van der Waals surface area contributed by atoms with Crippen LogP contribution in [0.5, 0.6) is 17.2 Å². The molecule has 6 nitrogen and oxygen atoms in total. The first-order chi connectivity index (χ1) is 11.6. The number of rotatable bonds is 7. The molecule has 25 heavy (non-hydrogen) atoms. The number of carbonyl (C=O) groups excluding carboxylic acids is 1. The van der Waals surface area contributed by atoms with Gasteiger partial charge in [0.05, 0.1) is 21.3 Å². The summed E-state index contributed by atoms with van der Waals surface area (Å²) in [4.78, 5) is 12.4. The average Bonchev–Trinajstić information content (AvgIpc) is 2.61. The Balaban J connectivity index is 0.00000312. The van der Waals surface area contributed by atoms with Crippen LogP contribution < -0.4 is 24.8 Å². The van der Waals surface area contributed by atoms with Crippen LogP contribution in [0.4, 0.5) is 5.69 Å². The van der Waals surface area contributed by atoms with Crippen molar-refractivity contribution in [1.82, 2.24) is 5.32 Å². The third-order valence-corrected chi connectivity index (χ3v) is 4.64. The zero-order valence-electron chi connectivity index (χ0n) is 15.4. The van der Waals surface area contributed by atoms with Crippen LogP contribution in [0.3, 0.4) is 0 Å². The van der Waals surface area contributed by atoms with Crippen LogP contribution in [-0.2, 0) is 4.79 Å². The number of benzene rings is 1. The SMILES string of the molecule is COc1cc(NC(=O)CC(C)C2CCNCC2)cc(OC)c1OC.Cl. The van der Waals surface area contributed by atoms with Crippen LogP contribution >= 0.6 is 12.4 Å². The minimum Gasteiger partial charge on any atom is -0.493 e. The van der Waals surface area contributed by atoms with Crippen LogP contribution in [0.15, 0.2) is 12.1 Å². The number of nitrogens with one attached hydrogen (secondary N) is 2. The number of anilines is 1. The molecule has 2 rings (SSSR count). The normalized spacial score (nSPS) is 15.7. The Morgan fingerprint density at radius 2 is 1.72 bits per heavy atom. The van der Waals surface area contributed by atoms with Crippen molar-refractivity contribution >= 4 is 24.0 Å². The lowest BCUT2D eigenvalue weighted by molar-refractivity contribution is -0.117. The van der Waals surface area contributed by atoms with Gasteiger partial charge in [-0.15, -0.1) is 12.4 Å². The van der Waals surface area contributed by atoms with E-state index in [9.17, 15) is 4.79 Å². The van der Waals surface area contributed by atoms with E-state index < -0.39 is 0 Å². The van der Waals surface area contributed by atoms with Crippen LogP contribution in [0.2, 0.25) is 0 Å². The lowest BCUT2D eigenvalue weighted by Gasteiger charge is -2.27. The summed E-state index contributed by atoms with van der Waals surface area (Å²) in [6.07, 6.45) is 2.79. The second kappa shape index (κ2) is 10.4. The molecule has 0 aliphatic carbocycles. The zero-order valence-corrected chi connectivity index (χ0v) is 16.2. The average molecular weight is 373 g/mol. The van der Waals surface area contributed by atoms with Gasteiger partial charge in [0, 0.05) is 24.2 Å². The summed E-state index contributed by atoms with van der Waals surface area (Å²) in [6, 6.07) is 3.49. The fraction of sp³-hybridized carbons (Fsp3) is 0.611. The number of carbonyl (C=O) groups is 1. The number of methoxy groups -OCH3 is 3. The molecule has 1 unspecified atom stereocenters. The first-order valence-corrected chi connectivity index (χ1v) is 8.39. The highest BCUT2D eigenvalue weighted by atomic mass is 35.5. The van der Waals surface area contributed by atoms with Gasteiger partial charge in [-0.05, 0) is 37.8 Å². The maximum atomic E-state index is 12.4. The summed E-state index contributed by atoms with van der Waals surface area (Å²) in [7, 11) is 4.67. The maximum Gasteiger partial charge on any atom is 0.224 e. The van der Waals surface area contributed by atoms with Crippen molar-refractivity contribution in [2.75, 3.05) is 39.7 Å². The van der Waals surface area contributed by atoms with E-state index in [-0.39, 0.29) is 18.3 Å². The molecule has 1 aromatic rings. The molecule has 2 N–H and O–H groups in total. The van der Waals surface area contributed by atoms with Crippen molar-refractivity contribution in [1.29, 1.82) is 0 Å². The number of ether oxygens (including phenoxy) is 3. The standard InChI is InChI=1S/C18H28N2O4.ClH/c1-12(13-5-7-19-8-6-13)9-17(21)20-14-10-15(22-2)18(24-4)16(11-14)23-3;/h10-13,19H,5-9H2,1-4H3,(H,20,21);1H. The monoisotopic (exact) mass is 372 g/mol. The molecule has 0 aromatic heterocycles. The van der Waals surface area contributed by atoms with Crippen LogP contribution in [0.1, 0.15) is 26.2 Å². The maximum absolute atomic E-state index is 12.4. The highest BCUT2D eigenvalue weighted by Crippen LogP contribution is 2.40. The van der Waals surface area contributed by atoms with Gasteiger partial charge < -0.3 is 24.8 Å². The molecule has 1 fully saturated rings. The molecule has 0 spiro atoms. The Hall–Kier alpha value is -1.66. The Kier molecular flexibility index (Phi) is 8.86. The number of halogens is 1. The molecule has 1 amide bonds. The summed E-state index contributed by atoms with van der Waals surface area (Å²) < 4.78 is 15.9. The Labute approximate surface area is 156 Å². The van der Waals surface area contributed by atoms with E-state index in [4.69, 9.17) is 14.2 Å². The predicted octanol–water partition coefficient (Wildman–Crippen LogP) is 3.10. The Morgan fingerprint density at radius 3 is 2.20 bits per heavy atom. The first-order valence-electron chi connectivity index (χ1n) is 8.39. The molecular formula is C18H29ClN2O4. The van der Waals surface area contributed by atoms with Gasteiger partial charge in [-0.1, -0.05) is 6.92 Å². The van der Waals surface area contributed by atoms with Crippen molar-refractivity contribution in [3.8, 4) is 17.2 Å². The van der Waals surface area contributed by atoms with Gasteiger partial charge in [-0.3, -0.25) is 4.79 Å². The van der Waals surface area contributed by atoms with Crippen molar-refractivity contribution < 1.29 is 19.0 Å². The topological polar surface area (TPSA) is 68.8 Å². The second-order valence-electron chi connectivity index (χ2n) is 6.23. The lowest BCUT2D eigenvalue weighted by Crippen LogP contribution is -2.32. The second-order valence-corrected chi connectivity index (χ2v) is 6.23. The predicted molar refractivity (Wildman–Crippen MR) is 101 cm³/mol. The minimum absolute atomic E-state index is 0. The third-order valence-electron chi connectivity index (χ3n) is 4.64. The molecule has 1 atom stereocenters. The van der Waals surface area contributed by atoms with Gasteiger partial charge in [0.2, 0.25) is 11.7 Å². The summed E-state index contributed by atoms with van der Waals surface area (Å²) in [5.74, 6) is 2.56. The third kappa shape index (κ3) is 5.68. The fourth-order valence-corrected chi connectivity index (χ4v) is 3.24. The van der Waals surface area contributed by atoms with Crippen molar-refractivity contribution in [3.05, 3.63) is 12.1 Å². The van der Waals surface area contributed by atoms with E-state index in [0.29, 0.717) is 41.2 Å². The quantitative estimate of drug-likeness (QED) is 0.769. The summed E-state index contributed by atoms with van der Waals surface area (Å²) in [5, 5.41) is 6.30. The highest BCUT2D eigenvalue weighted by Gasteiger charge is 2.22. The summed E-state index contributed by atoms with van der Waals surface area (Å²) in [5.41, 5.74) is 0.645. The van der Waals surface area contributed by atoms with E-state index in [2.05, 4.69) is 17.6 Å². The van der Waals surface area contributed by atoms with E-state index in [0.717, 1.165) is 25.9 Å². The molecular weight excluding hydrogens is 344 g/mol. The zero-order chi connectivity index (χ0) is 17.5. The summed E-state index contributed by atoms with van der Waals surface area (Å²) >= 11 is 0. The molecule has 1 aromatic carbocycles. The minimum atomic E-state index is 0. The molecule has 1 aliphatic rings. The van der Waals surface area contributed by atoms with Gasteiger partial charge in [0.1, 0.15) is 0 Å². The molecule has 0 radical (unpaired) electrons. The Morgan fingerprint density at radius 1 is 1.16 bits per heavy atom. The number of hydrogen-bond donors (Lipinski definition) is 2. The van der Waals surface area contributed by atoms with Crippen molar-refractivity contribution in [2.45, 2.75) is 26.2 Å². The van der Waals surface area contributed by atoms with E-state index in [1.165, 1.54) is 0 Å². The smallest absolute Gasteiger partial charge is 0.224 e. The fourth-order valence-electron chi connectivity index (χ4n) is 3.24. The van der Waals surface area contributed by atoms with Gasteiger partial charge in [-0.2, -0.15) is 0 Å². The first kappa shape index (κ1) is 21.4. The van der Waals surface area contributed by atoms with Gasteiger partial charge in [0.15, 0.2) is 11.5 Å². The molecule has 1 saturated heterocycles. The van der Waals surface area contributed by atoms with Crippen LogP contribution in [0.25, 0.3) is 0 Å². The van der Waals surface area contributed by atoms with Crippen LogP contribution in [0, 0.1) is 11.8 Å². The molecule has 0 saturated carbocycles. The molecule has 1 heterocycles. The van der Waals surface area contributed by atoms with Gasteiger partial charge in [0.25, 0.3) is 0 Å². The van der Waals surface area contributed by atoms with E-state index in [1.54, 1.807) is 33.5 Å². The highest BCUT2D eigenvalue weighted by molar-refractivity contribution is 5.91. The van der Waals surface area contributed by atoms with Gasteiger partial charge >= 0.3 is 0 Å². The molecule has 0 bridgehead atoms. The molecule has 1 aliphatic heterocycles. The number of hydrogen-bond acceptors (Lipinski definition) is 5. The molecule has 142 valence electrons. The van der Waals surface area contributed by atoms with Crippen molar-refractivity contribution in [2.24, 2.45) is 11.8 Å². The van der Waals surface area contributed by atoms with E-state index >= 15 is 0 Å². The van der Waals surface area contributed by atoms with Crippen molar-refractivity contribution in [3.63, 3.8) is 0 Å². The largest absolute Gasteiger partial charge is 0.493 e. The number of amides is 1. The lowest BCUT2D eigenvalue weighted by atomic mass is 9.84. The van der Waals surface area contributed by atoms with E-state index in [1.807, 2.05) is 0 Å². The number of piperidine rings is 1. The molecule has 7 heteroatoms. The Bertz CT molecular complexity index is 537. The van der Waals surface area contributed by atoms with Gasteiger partial charge in [-0.25, -0.2) is 0 Å².